The summed E-state index contributed by atoms with van der Waals surface area (Å²) in [6.45, 7) is 8.47. The maximum Gasteiger partial charge on any atom is 0.311 e. The third-order valence-corrected chi connectivity index (χ3v) is 5.14. The third-order valence-electron chi connectivity index (χ3n) is 5.14. The number of hydrogen-bond acceptors (Lipinski definition) is 3. The van der Waals surface area contributed by atoms with E-state index in [-0.39, 0.29) is 18.4 Å². The molecule has 2 aromatic rings. The molecule has 1 aliphatic heterocycles. The molecule has 1 amide bonds. The molecule has 26 heavy (non-hydrogen) atoms. The van der Waals surface area contributed by atoms with E-state index in [9.17, 15) is 14.7 Å². The number of aryl methyl sites for hydroxylation is 1. The predicted octanol–water partition coefficient (Wildman–Crippen LogP) is 3.24. The van der Waals surface area contributed by atoms with Crippen molar-refractivity contribution in [2.75, 3.05) is 13.1 Å². The van der Waals surface area contributed by atoms with Crippen molar-refractivity contribution >= 4 is 11.9 Å². The second kappa shape index (κ2) is 6.59. The summed E-state index contributed by atoms with van der Waals surface area (Å²) in [5.74, 6) is -0.893. The largest absolute Gasteiger partial charge is 0.481 e. The molecular weight excluding hydrogens is 330 g/mol. The van der Waals surface area contributed by atoms with Crippen LogP contribution < -0.4 is 0 Å². The molecule has 0 bridgehead atoms. The summed E-state index contributed by atoms with van der Waals surface area (Å²) in [5.41, 5.74) is 2.60. The number of carbonyl (C=O) groups is 2. The zero-order chi connectivity index (χ0) is 19.1. The van der Waals surface area contributed by atoms with Crippen molar-refractivity contribution < 1.29 is 14.7 Å². The fraction of sp³-hybridized carbons (Fsp3) is 0.450. The number of aliphatic carboxylic acids is 1. The molecule has 0 radical (unpaired) electrons. The normalized spacial score (nSPS) is 20.0. The molecule has 6 heteroatoms. The Morgan fingerprint density at radius 1 is 1.23 bits per heavy atom. The molecule has 0 saturated carbocycles. The lowest BCUT2D eigenvalue weighted by Gasteiger charge is -2.21. The molecule has 2 heterocycles. The van der Waals surface area contributed by atoms with Crippen LogP contribution in [0.15, 0.2) is 30.5 Å². The molecule has 0 spiro atoms. The number of benzene rings is 1. The average molecular weight is 355 g/mol. The first kappa shape index (κ1) is 18.2. The number of likely N-dealkylation sites (tertiary alicyclic amines) is 1. The molecule has 1 aromatic carbocycles. The van der Waals surface area contributed by atoms with Crippen LogP contribution in [0.3, 0.4) is 0 Å². The van der Waals surface area contributed by atoms with E-state index in [1.165, 1.54) is 0 Å². The predicted molar refractivity (Wildman–Crippen MR) is 98.7 cm³/mol. The van der Waals surface area contributed by atoms with Crippen molar-refractivity contribution in [3.8, 4) is 5.69 Å². The van der Waals surface area contributed by atoms with Gasteiger partial charge in [-0.1, -0.05) is 31.5 Å². The minimum Gasteiger partial charge on any atom is -0.481 e. The molecule has 1 atom stereocenters. The van der Waals surface area contributed by atoms with Gasteiger partial charge in [-0.2, -0.15) is 5.10 Å². The van der Waals surface area contributed by atoms with E-state index in [4.69, 9.17) is 0 Å². The Morgan fingerprint density at radius 3 is 2.42 bits per heavy atom. The van der Waals surface area contributed by atoms with Gasteiger partial charge in [0.15, 0.2) is 0 Å². The Morgan fingerprint density at radius 2 is 1.88 bits per heavy atom. The van der Waals surface area contributed by atoms with Crippen LogP contribution in [-0.2, 0) is 4.79 Å². The lowest BCUT2D eigenvalue weighted by atomic mass is 9.90. The van der Waals surface area contributed by atoms with Crippen LogP contribution in [0.2, 0.25) is 0 Å². The van der Waals surface area contributed by atoms with Crippen molar-refractivity contribution in [2.24, 2.45) is 5.41 Å². The lowest BCUT2D eigenvalue weighted by Crippen LogP contribution is -2.35. The molecule has 1 fully saturated rings. The second-order valence-electron chi connectivity index (χ2n) is 7.69. The van der Waals surface area contributed by atoms with E-state index in [1.54, 1.807) is 18.0 Å². The van der Waals surface area contributed by atoms with Crippen molar-refractivity contribution in [1.29, 1.82) is 0 Å². The summed E-state index contributed by atoms with van der Waals surface area (Å²) in [5, 5.41) is 13.9. The highest BCUT2D eigenvalue weighted by molar-refractivity contribution is 5.96. The molecular formula is C20H25N3O3. The van der Waals surface area contributed by atoms with E-state index < -0.39 is 11.4 Å². The van der Waals surface area contributed by atoms with E-state index in [0.29, 0.717) is 18.5 Å². The number of carboxylic acids is 1. The number of nitrogens with zero attached hydrogens (tertiary/aromatic N) is 3. The van der Waals surface area contributed by atoms with Gasteiger partial charge in [-0.15, -0.1) is 0 Å². The van der Waals surface area contributed by atoms with Gasteiger partial charge in [-0.3, -0.25) is 9.59 Å². The second-order valence-corrected chi connectivity index (χ2v) is 7.69. The van der Waals surface area contributed by atoms with E-state index in [2.05, 4.69) is 5.10 Å². The first-order valence-electron chi connectivity index (χ1n) is 8.90. The summed E-state index contributed by atoms with van der Waals surface area (Å²) in [6, 6.07) is 8.00. The van der Waals surface area contributed by atoms with Crippen LogP contribution in [0.5, 0.6) is 0 Å². The molecule has 1 saturated heterocycles. The van der Waals surface area contributed by atoms with Gasteiger partial charge in [0, 0.05) is 13.1 Å². The highest BCUT2D eigenvalue weighted by Crippen LogP contribution is 2.32. The number of rotatable bonds is 4. The summed E-state index contributed by atoms with van der Waals surface area (Å²) in [7, 11) is 0. The first-order chi connectivity index (χ1) is 12.2. The molecule has 1 unspecified atom stereocenters. The molecule has 138 valence electrons. The van der Waals surface area contributed by atoms with Crippen LogP contribution >= 0.6 is 0 Å². The number of amides is 1. The molecule has 3 rings (SSSR count). The van der Waals surface area contributed by atoms with Gasteiger partial charge in [0.2, 0.25) is 0 Å². The van der Waals surface area contributed by atoms with Gasteiger partial charge < -0.3 is 10.0 Å². The zero-order valence-electron chi connectivity index (χ0n) is 15.7. The SMILES string of the molecule is Cc1ccc(-n2ncc(C(=O)N3CCC(C)(C(=O)O)C3)c2C(C)C)cc1. The van der Waals surface area contributed by atoms with Crippen LogP contribution in [0.4, 0.5) is 0 Å². The molecule has 1 aromatic heterocycles. The van der Waals surface area contributed by atoms with Crippen molar-refractivity contribution in [2.45, 2.75) is 40.0 Å². The number of aromatic nitrogens is 2. The van der Waals surface area contributed by atoms with Gasteiger partial charge in [0.25, 0.3) is 5.91 Å². The Kier molecular flexibility index (Phi) is 4.61. The van der Waals surface area contributed by atoms with E-state index in [0.717, 1.165) is 16.9 Å². The lowest BCUT2D eigenvalue weighted by molar-refractivity contribution is -0.147. The summed E-state index contributed by atoms with van der Waals surface area (Å²) in [4.78, 5) is 26.2. The quantitative estimate of drug-likeness (QED) is 0.913. The third kappa shape index (κ3) is 3.11. The van der Waals surface area contributed by atoms with Crippen LogP contribution in [0.1, 0.15) is 54.7 Å². The summed E-state index contributed by atoms with van der Waals surface area (Å²) in [6.07, 6.45) is 2.07. The zero-order valence-corrected chi connectivity index (χ0v) is 15.7. The molecule has 0 aliphatic carbocycles. The Bertz CT molecular complexity index is 838. The summed E-state index contributed by atoms with van der Waals surface area (Å²) < 4.78 is 1.81. The Hall–Kier alpha value is -2.63. The first-order valence-corrected chi connectivity index (χ1v) is 8.90. The average Bonchev–Trinajstić information content (AvgIpc) is 3.20. The van der Waals surface area contributed by atoms with Crippen molar-refractivity contribution in [1.82, 2.24) is 14.7 Å². The summed E-state index contributed by atoms with van der Waals surface area (Å²) >= 11 is 0. The number of carbonyl (C=O) groups excluding carboxylic acids is 1. The van der Waals surface area contributed by atoms with Gasteiger partial charge in [-0.05, 0) is 38.3 Å². The smallest absolute Gasteiger partial charge is 0.311 e. The maximum absolute atomic E-state index is 13.1. The fourth-order valence-electron chi connectivity index (χ4n) is 3.45. The standard InChI is InChI=1S/C20H25N3O3/c1-13(2)17-16(11-21-23(17)15-7-5-14(3)6-8-15)18(24)22-10-9-20(4,12-22)19(25)26/h5-8,11,13H,9-10,12H2,1-4H3,(H,25,26). The highest BCUT2D eigenvalue weighted by atomic mass is 16.4. The monoisotopic (exact) mass is 355 g/mol. The van der Waals surface area contributed by atoms with Crippen LogP contribution in [0.25, 0.3) is 5.69 Å². The van der Waals surface area contributed by atoms with Crippen LogP contribution in [-0.4, -0.2) is 44.8 Å². The van der Waals surface area contributed by atoms with Crippen LogP contribution in [0, 0.1) is 12.3 Å². The Labute approximate surface area is 153 Å². The molecule has 1 aliphatic rings. The minimum absolute atomic E-state index is 0.103. The maximum atomic E-state index is 13.1. The van der Waals surface area contributed by atoms with Crippen molar-refractivity contribution in [3.63, 3.8) is 0 Å². The van der Waals surface area contributed by atoms with Gasteiger partial charge in [0.1, 0.15) is 0 Å². The Balaban J connectivity index is 1.95. The van der Waals surface area contributed by atoms with Crippen molar-refractivity contribution in [3.05, 3.63) is 47.3 Å². The highest BCUT2D eigenvalue weighted by Gasteiger charge is 2.43. The van der Waals surface area contributed by atoms with Gasteiger partial charge in [0.05, 0.1) is 28.6 Å². The number of hydrogen-bond donors (Lipinski definition) is 1. The fourth-order valence-corrected chi connectivity index (χ4v) is 3.45. The molecule has 6 nitrogen and oxygen atoms in total. The topological polar surface area (TPSA) is 75.4 Å². The van der Waals surface area contributed by atoms with Gasteiger partial charge in [-0.25, -0.2) is 4.68 Å². The van der Waals surface area contributed by atoms with E-state index in [1.807, 2.05) is 49.7 Å². The minimum atomic E-state index is -0.874. The number of carboxylic acid groups (broad SMARTS) is 1. The molecule has 1 N–H and O–H groups in total. The van der Waals surface area contributed by atoms with E-state index >= 15 is 0 Å². The van der Waals surface area contributed by atoms with Gasteiger partial charge >= 0.3 is 5.97 Å².